The van der Waals surface area contributed by atoms with E-state index in [1.807, 2.05) is 27.7 Å². The van der Waals surface area contributed by atoms with Gasteiger partial charge in [-0.15, -0.1) is 0 Å². The van der Waals surface area contributed by atoms with Crippen LogP contribution in [0.5, 0.6) is 0 Å². The highest BCUT2D eigenvalue weighted by atomic mass is 16.5. The number of hydrogen-bond donors (Lipinski definition) is 0. The first-order valence-corrected chi connectivity index (χ1v) is 15.0. The molecule has 0 saturated heterocycles. The molecule has 4 aliphatic carbocycles. The summed E-state index contributed by atoms with van der Waals surface area (Å²) in [6, 6.07) is 0. The van der Waals surface area contributed by atoms with Crippen molar-refractivity contribution in [3.8, 4) is 0 Å². The average Bonchev–Trinajstić information content (AvgIpc) is 3.14. The summed E-state index contributed by atoms with van der Waals surface area (Å²) in [6.45, 7) is 17.9. The zero-order valence-electron chi connectivity index (χ0n) is 23.9. The molecule has 0 aromatic heterocycles. The number of hydrogen-bond acceptors (Lipinski definition) is 2. The van der Waals surface area contributed by atoms with Crippen LogP contribution in [0.25, 0.3) is 0 Å². The zero-order chi connectivity index (χ0) is 25.1. The summed E-state index contributed by atoms with van der Waals surface area (Å²) in [7, 11) is 0. The van der Waals surface area contributed by atoms with Gasteiger partial charge in [0, 0.05) is 6.42 Å². The molecule has 7 atom stereocenters. The summed E-state index contributed by atoms with van der Waals surface area (Å²) in [4.78, 5) is 12.2. The SMILES string of the molecule is C.CC.CC(C)CCCCC1CCC2C3CC=C4CC(OC(=O)C(C)C)CCC4(C)C3CCC12C. The molecule has 4 rings (SSSR count). The first kappa shape index (κ1) is 30.4. The number of unbranched alkanes of at least 4 members (excludes halogenated alkanes) is 1. The van der Waals surface area contributed by atoms with Crippen LogP contribution < -0.4 is 0 Å². The fourth-order valence-corrected chi connectivity index (χ4v) is 8.55. The van der Waals surface area contributed by atoms with Gasteiger partial charge in [0.15, 0.2) is 0 Å². The van der Waals surface area contributed by atoms with Crippen LogP contribution in [-0.2, 0) is 9.53 Å². The van der Waals surface area contributed by atoms with E-state index in [0.717, 1.165) is 42.4 Å². The summed E-state index contributed by atoms with van der Waals surface area (Å²) in [5.41, 5.74) is 2.56. The Kier molecular flexibility index (Phi) is 11.0. The molecule has 4 aliphatic rings. The minimum atomic E-state index is -0.0234. The summed E-state index contributed by atoms with van der Waals surface area (Å²) < 4.78 is 5.86. The molecule has 0 aliphatic heterocycles. The largest absolute Gasteiger partial charge is 0.462 e. The summed E-state index contributed by atoms with van der Waals surface area (Å²) in [5, 5.41) is 0. The van der Waals surface area contributed by atoms with Crippen LogP contribution in [0.1, 0.15) is 140 Å². The van der Waals surface area contributed by atoms with Crippen LogP contribution in [0.2, 0.25) is 0 Å². The molecule has 0 N–H and O–H groups in total. The van der Waals surface area contributed by atoms with Crippen molar-refractivity contribution in [1.82, 2.24) is 0 Å². The van der Waals surface area contributed by atoms with E-state index in [-0.39, 0.29) is 25.4 Å². The van der Waals surface area contributed by atoms with Gasteiger partial charge in [0.2, 0.25) is 0 Å². The Morgan fingerprint density at radius 3 is 2.37 bits per heavy atom. The predicted molar refractivity (Wildman–Crippen MR) is 151 cm³/mol. The average molecular weight is 489 g/mol. The molecule has 0 aromatic carbocycles. The third kappa shape index (κ3) is 6.20. The number of carbonyl (C=O) groups is 1. The molecule has 2 heteroatoms. The Morgan fingerprint density at radius 1 is 1.00 bits per heavy atom. The maximum atomic E-state index is 12.2. The fraction of sp³-hybridized carbons (Fsp3) is 0.909. The highest BCUT2D eigenvalue weighted by molar-refractivity contribution is 5.71. The molecule has 2 nitrogen and oxygen atoms in total. The number of allylic oxidation sites excluding steroid dienone is 1. The lowest BCUT2D eigenvalue weighted by molar-refractivity contribution is -0.155. The molecule has 3 saturated carbocycles. The van der Waals surface area contributed by atoms with Crippen molar-refractivity contribution in [2.24, 2.45) is 46.3 Å². The number of rotatable bonds is 7. The van der Waals surface area contributed by atoms with Gasteiger partial charge < -0.3 is 4.74 Å². The van der Waals surface area contributed by atoms with Gasteiger partial charge in [0.25, 0.3) is 0 Å². The van der Waals surface area contributed by atoms with Gasteiger partial charge in [-0.25, -0.2) is 0 Å². The molecule has 0 spiro atoms. The third-order valence-corrected chi connectivity index (χ3v) is 10.6. The Bertz CT molecular complexity index is 706. The van der Waals surface area contributed by atoms with Crippen molar-refractivity contribution in [3.05, 3.63) is 11.6 Å². The fourth-order valence-electron chi connectivity index (χ4n) is 8.55. The predicted octanol–water partition coefficient (Wildman–Crippen LogP) is 10.0. The van der Waals surface area contributed by atoms with Gasteiger partial charge in [0.1, 0.15) is 6.10 Å². The van der Waals surface area contributed by atoms with E-state index in [9.17, 15) is 4.79 Å². The molecule has 0 radical (unpaired) electrons. The van der Waals surface area contributed by atoms with Gasteiger partial charge in [-0.2, -0.15) is 0 Å². The van der Waals surface area contributed by atoms with E-state index in [1.54, 1.807) is 5.57 Å². The quantitative estimate of drug-likeness (QED) is 0.202. The molecule has 0 aromatic rings. The molecule has 0 bridgehead atoms. The van der Waals surface area contributed by atoms with Gasteiger partial charge in [-0.3, -0.25) is 4.79 Å². The molecule has 0 amide bonds. The molecule has 0 heterocycles. The molecule has 3 fully saturated rings. The van der Waals surface area contributed by atoms with Crippen molar-refractivity contribution in [1.29, 1.82) is 0 Å². The molecule has 204 valence electrons. The second kappa shape index (κ2) is 12.6. The van der Waals surface area contributed by atoms with Crippen LogP contribution >= 0.6 is 0 Å². The molecular weight excluding hydrogens is 428 g/mol. The molecule has 35 heavy (non-hydrogen) atoms. The van der Waals surface area contributed by atoms with Crippen molar-refractivity contribution >= 4 is 5.97 Å². The zero-order valence-corrected chi connectivity index (χ0v) is 23.9. The van der Waals surface area contributed by atoms with Crippen molar-refractivity contribution < 1.29 is 9.53 Å². The van der Waals surface area contributed by atoms with E-state index in [1.165, 1.54) is 64.2 Å². The number of fused-ring (bicyclic) bond motifs is 5. The van der Waals surface area contributed by atoms with Crippen molar-refractivity contribution in [2.75, 3.05) is 0 Å². The van der Waals surface area contributed by atoms with Gasteiger partial charge in [0.05, 0.1) is 5.92 Å². The standard InChI is InChI=1S/C30H50O2.C2H6.CH4/c1-20(2)9-7-8-10-22-12-14-26-25-13-11-23-19-24(32-28(31)21(3)4)15-17-30(23,6)27(25)16-18-29(22,26)5;1-2;/h11,20-22,24-27H,7-10,12-19H2,1-6H3;1-2H3;1H4. The van der Waals surface area contributed by atoms with Crippen LogP contribution in [0.4, 0.5) is 0 Å². The summed E-state index contributed by atoms with van der Waals surface area (Å²) in [5.74, 6) is 4.44. The van der Waals surface area contributed by atoms with Crippen molar-refractivity contribution in [2.45, 2.75) is 146 Å². The van der Waals surface area contributed by atoms with Crippen LogP contribution in [0.3, 0.4) is 0 Å². The first-order chi connectivity index (χ1) is 16.1. The number of esters is 1. The van der Waals surface area contributed by atoms with Gasteiger partial charge in [-0.1, -0.05) is 93.7 Å². The first-order valence-electron chi connectivity index (χ1n) is 15.0. The summed E-state index contributed by atoms with van der Waals surface area (Å²) >= 11 is 0. The number of carbonyl (C=O) groups excluding carboxylic acids is 1. The Morgan fingerprint density at radius 2 is 1.71 bits per heavy atom. The number of ether oxygens (including phenoxy) is 1. The van der Waals surface area contributed by atoms with E-state index in [4.69, 9.17) is 4.74 Å². The highest BCUT2D eigenvalue weighted by Crippen LogP contribution is 2.66. The van der Waals surface area contributed by atoms with Crippen LogP contribution in [-0.4, -0.2) is 12.1 Å². The van der Waals surface area contributed by atoms with Gasteiger partial charge >= 0.3 is 5.97 Å². The van der Waals surface area contributed by atoms with Crippen LogP contribution in [0, 0.1) is 46.3 Å². The second-order valence-electron chi connectivity index (χ2n) is 13.2. The van der Waals surface area contributed by atoms with E-state index in [0.29, 0.717) is 10.8 Å². The Labute approximate surface area is 219 Å². The molecular formula is C33H60O2. The van der Waals surface area contributed by atoms with Crippen molar-refractivity contribution in [3.63, 3.8) is 0 Å². The lowest BCUT2D eigenvalue weighted by Crippen LogP contribution is -2.50. The van der Waals surface area contributed by atoms with E-state index >= 15 is 0 Å². The molecule has 7 unspecified atom stereocenters. The smallest absolute Gasteiger partial charge is 0.308 e. The second-order valence-corrected chi connectivity index (χ2v) is 13.2. The third-order valence-electron chi connectivity index (χ3n) is 10.6. The maximum absolute atomic E-state index is 12.2. The van der Waals surface area contributed by atoms with E-state index < -0.39 is 0 Å². The highest BCUT2D eigenvalue weighted by Gasteiger charge is 2.58. The normalized spacial score (nSPS) is 37.8. The topological polar surface area (TPSA) is 26.3 Å². The maximum Gasteiger partial charge on any atom is 0.308 e. The van der Waals surface area contributed by atoms with Gasteiger partial charge in [-0.05, 0) is 91.8 Å². The van der Waals surface area contributed by atoms with Crippen LogP contribution in [0.15, 0.2) is 11.6 Å². The summed E-state index contributed by atoms with van der Waals surface area (Å²) in [6.07, 6.45) is 18.8. The monoisotopic (exact) mass is 488 g/mol. The Hall–Kier alpha value is -0.790. The lowest BCUT2D eigenvalue weighted by Gasteiger charge is -2.58. The minimum absolute atomic E-state index is 0. The lowest BCUT2D eigenvalue weighted by atomic mass is 9.47. The van der Waals surface area contributed by atoms with E-state index in [2.05, 4.69) is 33.8 Å². The Balaban J connectivity index is 0.00000140. The minimum Gasteiger partial charge on any atom is -0.462 e.